The monoisotopic (exact) mass is 367 g/mol. The van der Waals surface area contributed by atoms with Gasteiger partial charge in [0.15, 0.2) is 6.10 Å². The number of hydrogen-bond donors (Lipinski definition) is 1. The van der Waals surface area contributed by atoms with E-state index in [1.54, 1.807) is 19.1 Å². The first-order chi connectivity index (χ1) is 12.8. The highest BCUT2D eigenvalue weighted by Gasteiger charge is 2.20. The Morgan fingerprint density at radius 3 is 2.19 bits per heavy atom. The third-order valence-electron chi connectivity index (χ3n) is 4.83. The van der Waals surface area contributed by atoms with Crippen LogP contribution in [0.5, 0.6) is 0 Å². The van der Waals surface area contributed by atoms with Crippen molar-refractivity contribution in [1.82, 2.24) is 0 Å². The lowest BCUT2D eigenvalue weighted by atomic mass is 9.97. The van der Waals surface area contributed by atoms with Crippen LogP contribution in [-0.4, -0.2) is 18.0 Å². The van der Waals surface area contributed by atoms with Crippen molar-refractivity contribution in [3.8, 4) is 0 Å². The van der Waals surface area contributed by atoms with Crippen LogP contribution in [0.4, 0.5) is 5.69 Å². The molecule has 0 saturated heterocycles. The van der Waals surface area contributed by atoms with Crippen LogP contribution in [0.25, 0.3) is 0 Å². The molecule has 0 saturated carbocycles. The first-order valence-electron chi connectivity index (χ1n) is 9.54. The topological polar surface area (TPSA) is 55.4 Å². The van der Waals surface area contributed by atoms with E-state index in [4.69, 9.17) is 4.74 Å². The summed E-state index contributed by atoms with van der Waals surface area (Å²) >= 11 is 0. The van der Waals surface area contributed by atoms with Crippen molar-refractivity contribution in [1.29, 1.82) is 0 Å². The number of benzene rings is 2. The highest BCUT2D eigenvalue weighted by Crippen LogP contribution is 2.26. The van der Waals surface area contributed by atoms with E-state index in [0.717, 1.165) is 23.2 Å². The third kappa shape index (κ3) is 5.43. The van der Waals surface area contributed by atoms with Gasteiger partial charge < -0.3 is 10.1 Å². The molecule has 2 aromatic rings. The lowest BCUT2D eigenvalue weighted by molar-refractivity contribution is -0.123. The molecule has 4 nitrogen and oxygen atoms in total. The molecule has 27 heavy (non-hydrogen) atoms. The zero-order chi connectivity index (χ0) is 20.0. The standard InChI is InChI=1S/C23H29NO3/c1-6-16(4)20-9-7-8-10-21(20)24-22(25)17(5)27-23(26)19-13-11-18(12-14-19)15(2)3/h7-17H,6H2,1-5H3,(H,24,25)/t16-,17+/m1/s1. The predicted molar refractivity (Wildman–Crippen MR) is 109 cm³/mol. The molecule has 0 aliphatic heterocycles. The number of carbonyl (C=O) groups excluding carboxylic acids is 2. The minimum Gasteiger partial charge on any atom is -0.449 e. The summed E-state index contributed by atoms with van der Waals surface area (Å²) in [6, 6.07) is 15.0. The smallest absolute Gasteiger partial charge is 0.338 e. The lowest BCUT2D eigenvalue weighted by Gasteiger charge is -2.18. The largest absolute Gasteiger partial charge is 0.449 e. The van der Waals surface area contributed by atoms with Crippen LogP contribution in [-0.2, 0) is 9.53 Å². The second kappa shape index (κ2) is 9.36. The molecular formula is C23H29NO3. The van der Waals surface area contributed by atoms with Gasteiger partial charge in [0, 0.05) is 5.69 Å². The molecule has 0 fully saturated rings. The highest BCUT2D eigenvalue weighted by molar-refractivity contribution is 5.97. The molecular weight excluding hydrogens is 338 g/mol. The number of carbonyl (C=O) groups is 2. The fourth-order valence-corrected chi connectivity index (χ4v) is 2.78. The molecule has 1 N–H and O–H groups in total. The van der Waals surface area contributed by atoms with E-state index in [2.05, 4.69) is 33.0 Å². The van der Waals surface area contributed by atoms with Crippen LogP contribution < -0.4 is 5.32 Å². The van der Waals surface area contributed by atoms with E-state index < -0.39 is 12.1 Å². The summed E-state index contributed by atoms with van der Waals surface area (Å²) in [5.41, 5.74) is 3.44. The van der Waals surface area contributed by atoms with Crippen molar-refractivity contribution < 1.29 is 14.3 Å². The van der Waals surface area contributed by atoms with Gasteiger partial charge in [-0.25, -0.2) is 4.79 Å². The van der Waals surface area contributed by atoms with E-state index in [1.807, 2.05) is 36.4 Å². The number of nitrogens with one attached hydrogen (secondary N) is 1. The Kier molecular flexibility index (Phi) is 7.17. The molecule has 0 aliphatic carbocycles. The normalized spacial score (nSPS) is 13.1. The van der Waals surface area contributed by atoms with Gasteiger partial charge >= 0.3 is 5.97 Å². The summed E-state index contributed by atoms with van der Waals surface area (Å²) in [6.45, 7) is 10.0. The van der Waals surface area contributed by atoms with Gasteiger partial charge in [-0.3, -0.25) is 4.79 Å². The second-order valence-electron chi connectivity index (χ2n) is 7.21. The van der Waals surface area contributed by atoms with Crippen LogP contribution >= 0.6 is 0 Å². The Balaban J connectivity index is 2.02. The minimum absolute atomic E-state index is 0.332. The van der Waals surface area contributed by atoms with Crippen LogP contribution in [0.15, 0.2) is 48.5 Å². The van der Waals surface area contributed by atoms with Gasteiger partial charge in [0.1, 0.15) is 0 Å². The summed E-state index contributed by atoms with van der Waals surface area (Å²) in [5.74, 6) is -0.106. The zero-order valence-electron chi connectivity index (χ0n) is 16.8. The fraction of sp³-hybridized carbons (Fsp3) is 0.391. The van der Waals surface area contributed by atoms with Gasteiger partial charge in [0.2, 0.25) is 0 Å². The molecule has 0 heterocycles. The highest BCUT2D eigenvalue weighted by atomic mass is 16.5. The maximum Gasteiger partial charge on any atom is 0.338 e. The van der Waals surface area contributed by atoms with E-state index in [9.17, 15) is 9.59 Å². The van der Waals surface area contributed by atoms with Crippen LogP contribution in [0, 0.1) is 0 Å². The molecule has 4 heteroatoms. The van der Waals surface area contributed by atoms with Gasteiger partial charge in [-0.05, 0) is 54.5 Å². The summed E-state index contributed by atoms with van der Waals surface area (Å²) in [4.78, 5) is 24.8. The molecule has 0 aromatic heterocycles. The van der Waals surface area contributed by atoms with Gasteiger partial charge in [0.25, 0.3) is 5.91 Å². The first kappa shape index (κ1) is 20.7. The van der Waals surface area contributed by atoms with Crippen molar-refractivity contribution in [2.24, 2.45) is 0 Å². The van der Waals surface area contributed by atoms with E-state index in [1.165, 1.54) is 0 Å². The Morgan fingerprint density at radius 1 is 0.963 bits per heavy atom. The molecule has 144 valence electrons. The molecule has 1 amide bonds. The summed E-state index contributed by atoms with van der Waals surface area (Å²) in [6.07, 6.45) is 0.0938. The lowest BCUT2D eigenvalue weighted by Crippen LogP contribution is -2.30. The van der Waals surface area contributed by atoms with Gasteiger partial charge in [-0.2, -0.15) is 0 Å². The summed E-state index contributed by atoms with van der Waals surface area (Å²) in [7, 11) is 0. The average molecular weight is 367 g/mol. The van der Waals surface area contributed by atoms with Crippen LogP contribution in [0.1, 0.15) is 74.4 Å². The third-order valence-corrected chi connectivity index (χ3v) is 4.83. The van der Waals surface area contributed by atoms with E-state index in [0.29, 0.717) is 17.4 Å². The minimum atomic E-state index is -0.882. The number of esters is 1. The number of anilines is 1. The first-order valence-corrected chi connectivity index (χ1v) is 9.54. The van der Waals surface area contributed by atoms with E-state index in [-0.39, 0.29) is 5.91 Å². The van der Waals surface area contributed by atoms with Gasteiger partial charge in [-0.1, -0.05) is 58.0 Å². The number of amides is 1. The van der Waals surface area contributed by atoms with Gasteiger partial charge in [-0.15, -0.1) is 0 Å². The molecule has 2 atom stereocenters. The van der Waals surface area contributed by atoms with Gasteiger partial charge in [0.05, 0.1) is 5.56 Å². The number of hydrogen-bond acceptors (Lipinski definition) is 3. The Morgan fingerprint density at radius 2 is 1.59 bits per heavy atom. The van der Waals surface area contributed by atoms with Crippen molar-refractivity contribution in [3.05, 3.63) is 65.2 Å². The number of ether oxygens (including phenoxy) is 1. The molecule has 0 unspecified atom stereocenters. The Labute approximate surface area is 161 Å². The summed E-state index contributed by atoms with van der Waals surface area (Å²) in [5, 5.41) is 2.89. The Bertz CT molecular complexity index is 780. The quantitative estimate of drug-likeness (QED) is 0.657. The molecule has 0 spiro atoms. The number of rotatable bonds is 7. The maximum absolute atomic E-state index is 12.5. The molecule has 2 rings (SSSR count). The zero-order valence-corrected chi connectivity index (χ0v) is 16.8. The molecule has 0 bridgehead atoms. The van der Waals surface area contributed by atoms with Crippen LogP contribution in [0.2, 0.25) is 0 Å². The van der Waals surface area contributed by atoms with Crippen molar-refractivity contribution in [2.45, 2.75) is 59.0 Å². The van der Waals surface area contributed by atoms with E-state index >= 15 is 0 Å². The molecule has 0 aliphatic rings. The average Bonchev–Trinajstić information content (AvgIpc) is 2.67. The number of para-hydroxylation sites is 1. The molecule has 2 aromatic carbocycles. The van der Waals surface area contributed by atoms with Crippen molar-refractivity contribution in [2.75, 3.05) is 5.32 Å². The molecule has 0 radical (unpaired) electrons. The van der Waals surface area contributed by atoms with Crippen LogP contribution in [0.3, 0.4) is 0 Å². The van der Waals surface area contributed by atoms with Crippen molar-refractivity contribution >= 4 is 17.6 Å². The summed E-state index contributed by atoms with van der Waals surface area (Å²) < 4.78 is 5.35. The fourth-order valence-electron chi connectivity index (χ4n) is 2.78. The second-order valence-corrected chi connectivity index (χ2v) is 7.21. The van der Waals surface area contributed by atoms with Crippen molar-refractivity contribution in [3.63, 3.8) is 0 Å². The Hall–Kier alpha value is -2.62. The predicted octanol–water partition coefficient (Wildman–Crippen LogP) is 5.51. The SMILES string of the molecule is CC[C@@H](C)c1ccccc1NC(=O)[C@H](C)OC(=O)c1ccc(C(C)C)cc1. The maximum atomic E-state index is 12.5.